The van der Waals surface area contributed by atoms with Gasteiger partial charge in [-0.15, -0.1) is 0 Å². The number of ether oxygens (including phenoxy) is 2. The fraction of sp³-hybridized carbons (Fsp3) is 0.538. The van der Waals surface area contributed by atoms with E-state index in [1.54, 1.807) is 21.9 Å². The molecule has 3 heterocycles. The molecule has 1 amide bonds. The smallest absolute Gasteiger partial charge is 0.410 e. The maximum absolute atomic E-state index is 12.6. The number of carbonyl (C=O) groups excluding carboxylic acids is 1. The normalized spacial score (nSPS) is 17.2. The van der Waals surface area contributed by atoms with Gasteiger partial charge in [-0.3, -0.25) is 0 Å². The van der Waals surface area contributed by atoms with Gasteiger partial charge in [-0.05, 0) is 56.8 Å². The Balaban J connectivity index is 1.58. The summed E-state index contributed by atoms with van der Waals surface area (Å²) in [5.41, 5.74) is 1.99. The van der Waals surface area contributed by atoms with Gasteiger partial charge in [-0.25, -0.2) is 4.79 Å². The van der Waals surface area contributed by atoms with Crippen LogP contribution in [0.1, 0.15) is 64.5 Å². The molecule has 1 fully saturated rings. The lowest BCUT2D eigenvalue weighted by Crippen LogP contribution is -2.46. The molecule has 1 N–H and O–H groups in total. The van der Waals surface area contributed by atoms with E-state index in [0.29, 0.717) is 31.2 Å². The highest BCUT2D eigenvalue weighted by Gasteiger charge is 2.29. The van der Waals surface area contributed by atoms with Crippen molar-refractivity contribution in [1.29, 1.82) is 0 Å². The minimum Gasteiger partial charge on any atom is -0.612 e. The van der Waals surface area contributed by atoms with Crippen LogP contribution >= 0.6 is 0 Å². The van der Waals surface area contributed by atoms with E-state index in [2.05, 4.69) is 34.2 Å². The number of piperidine rings is 1. The summed E-state index contributed by atoms with van der Waals surface area (Å²) in [5.74, 6) is 0.678. The van der Waals surface area contributed by atoms with Gasteiger partial charge in [0.25, 0.3) is 0 Å². The number of hydrogen-bond acceptors (Lipinski definition) is 8. The zero-order chi connectivity index (χ0) is 26.7. The van der Waals surface area contributed by atoms with Crippen molar-refractivity contribution in [3.63, 3.8) is 0 Å². The van der Waals surface area contributed by atoms with Crippen molar-refractivity contribution in [3.05, 3.63) is 41.6 Å². The fourth-order valence-electron chi connectivity index (χ4n) is 4.23. The van der Waals surface area contributed by atoms with Crippen molar-refractivity contribution in [2.75, 3.05) is 24.7 Å². The third kappa shape index (κ3) is 6.64. The second kappa shape index (κ2) is 11.1. The van der Waals surface area contributed by atoms with Crippen LogP contribution in [0.15, 0.2) is 35.4 Å². The number of aromatic nitrogens is 4. The largest absolute Gasteiger partial charge is 0.612 e. The molecule has 0 aliphatic carbocycles. The second-order valence-corrected chi connectivity index (χ2v) is 11.9. The number of carbonyl (C=O) groups is 1. The topological polar surface area (TPSA) is 117 Å². The van der Waals surface area contributed by atoms with Gasteiger partial charge in [0.1, 0.15) is 18.0 Å². The molecule has 37 heavy (non-hydrogen) atoms. The van der Waals surface area contributed by atoms with Gasteiger partial charge in [0.2, 0.25) is 5.95 Å². The number of benzene rings is 1. The summed E-state index contributed by atoms with van der Waals surface area (Å²) in [6, 6.07) is 7.82. The number of nitrogens with zero attached hydrogens (tertiary/aromatic N) is 5. The number of nitrogens with one attached hydrogen (secondary N) is 1. The highest BCUT2D eigenvalue weighted by atomic mass is 32.2. The molecule has 3 aromatic rings. The van der Waals surface area contributed by atoms with E-state index in [1.807, 2.05) is 45.0 Å². The van der Waals surface area contributed by atoms with E-state index in [0.717, 1.165) is 28.9 Å². The SMILES string of the molecule is CC(C)c1cnn2c(NCc3ccccc3[S+](C)[O-])nc(O[C@@H]3CCCN(C(=O)OC(C)(C)C)C3)nc12. The molecule has 0 radical (unpaired) electrons. The van der Waals surface area contributed by atoms with Crippen LogP contribution in [0.5, 0.6) is 6.01 Å². The summed E-state index contributed by atoms with van der Waals surface area (Å²) >= 11 is -1.11. The zero-order valence-corrected chi connectivity index (χ0v) is 23.2. The van der Waals surface area contributed by atoms with Gasteiger partial charge in [0, 0.05) is 24.2 Å². The summed E-state index contributed by atoms with van der Waals surface area (Å²) < 4.78 is 25.6. The summed E-state index contributed by atoms with van der Waals surface area (Å²) in [6.45, 7) is 11.2. The highest BCUT2D eigenvalue weighted by molar-refractivity contribution is 7.90. The molecular formula is C26H36N6O4S. The summed E-state index contributed by atoms with van der Waals surface area (Å²) in [5, 5.41) is 7.84. The van der Waals surface area contributed by atoms with Crippen molar-refractivity contribution >= 4 is 28.9 Å². The van der Waals surface area contributed by atoms with Gasteiger partial charge in [-0.1, -0.05) is 32.0 Å². The lowest BCUT2D eigenvalue weighted by atomic mass is 10.1. The maximum Gasteiger partial charge on any atom is 0.410 e. The Bertz CT molecular complexity index is 1240. The molecule has 4 rings (SSSR count). The minimum absolute atomic E-state index is 0.202. The quantitative estimate of drug-likeness (QED) is 0.449. The molecule has 11 heteroatoms. The molecule has 1 aromatic carbocycles. The van der Waals surface area contributed by atoms with E-state index >= 15 is 0 Å². The lowest BCUT2D eigenvalue weighted by molar-refractivity contribution is 0.00662. The first kappa shape index (κ1) is 27.0. The van der Waals surface area contributed by atoms with Gasteiger partial charge in [0.15, 0.2) is 10.5 Å². The predicted octanol–water partition coefficient (Wildman–Crippen LogP) is 4.38. The number of anilines is 1. The van der Waals surface area contributed by atoms with Gasteiger partial charge in [0.05, 0.1) is 12.7 Å². The Labute approximate surface area is 220 Å². The van der Waals surface area contributed by atoms with Crippen molar-refractivity contribution in [2.45, 2.75) is 76.5 Å². The fourth-order valence-corrected chi connectivity index (χ4v) is 5.01. The van der Waals surface area contributed by atoms with Crippen molar-refractivity contribution in [1.82, 2.24) is 24.5 Å². The average Bonchev–Trinajstić information content (AvgIpc) is 3.26. The number of hydrogen-bond donors (Lipinski definition) is 1. The van der Waals surface area contributed by atoms with E-state index in [1.165, 1.54) is 0 Å². The molecule has 1 aliphatic heterocycles. The number of amides is 1. The molecule has 10 nitrogen and oxygen atoms in total. The molecular weight excluding hydrogens is 492 g/mol. The van der Waals surface area contributed by atoms with Crippen LogP contribution in [-0.4, -0.2) is 66.2 Å². The van der Waals surface area contributed by atoms with Gasteiger partial charge in [-0.2, -0.15) is 19.6 Å². The highest BCUT2D eigenvalue weighted by Crippen LogP contribution is 2.25. The van der Waals surface area contributed by atoms with E-state index in [4.69, 9.17) is 9.47 Å². The Morgan fingerprint density at radius 2 is 2.03 bits per heavy atom. The first-order valence-electron chi connectivity index (χ1n) is 12.6. The Morgan fingerprint density at radius 1 is 1.27 bits per heavy atom. The third-order valence-corrected chi connectivity index (χ3v) is 7.04. The van der Waals surface area contributed by atoms with Crippen LogP contribution in [0.4, 0.5) is 10.7 Å². The predicted molar refractivity (Wildman–Crippen MR) is 142 cm³/mol. The van der Waals surface area contributed by atoms with Crippen LogP contribution in [0, 0.1) is 0 Å². The van der Waals surface area contributed by atoms with Crippen LogP contribution in [-0.2, 0) is 22.5 Å². The number of fused-ring (bicyclic) bond motifs is 1. The molecule has 2 aromatic heterocycles. The average molecular weight is 529 g/mol. The summed E-state index contributed by atoms with van der Waals surface area (Å²) in [6.07, 6.45) is 4.44. The molecule has 0 spiro atoms. The Kier molecular flexibility index (Phi) is 8.13. The van der Waals surface area contributed by atoms with Crippen LogP contribution in [0.3, 0.4) is 0 Å². The summed E-state index contributed by atoms with van der Waals surface area (Å²) in [4.78, 5) is 24.4. The van der Waals surface area contributed by atoms with E-state index in [-0.39, 0.29) is 24.1 Å². The Morgan fingerprint density at radius 3 is 2.73 bits per heavy atom. The summed E-state index contributed by atoms with van der Waals surface area (Å²) in [7, 11) is 0. The molecule has 200 valence electrons. The van der Waals surface area contributed by atoms with Gasteiger partial charge < -0.3 is 24.2 Å². The van der Waals surface area contributed by atoms with Crippen LogP contribution < -0.4 is 10.1 Å². The van der Waals surface area contributed by atoms with Gasteiger partial charge >= 0.3 is 12.1 Å². The van der Waals surface area contributed by atoms with Crippen LogP contribution in [0.25, 0.3) is 5.65 Å². The van der Waals surface area contributed by atoms with E-state index in [9.17, 15) is 9.35 Å². The second-order valence-electron chi connectivity index (χ2n) is 10.5. The zero-order valence-electron chi connectivity index (χ0n) is 22.4. The minimum atomic E-state index is -1.11. The van der Waals surface area contributed by atoms with Crippen molar-refractivity contribution in [2.24, 2.45) is 0 Å². The van der Waals surface area contributed by atoms with E-state index < -0.39 is 16.8 Å². The Hall–Kier alpha value is -3.05. The third-order valence-electron chi connectivity index (χ3n) is 6.02. The molecule has 1 saturated heterocycles. The monoisotopic (exact) mass is 528 g/mol. The van der Waals surface area contributed by atoms with Crippen LogP contribution in [0.2, 0.25) is 0 Å². The van der Waals surface area contributed by atoms with Crippen molar-refractivity contribution < 1.29 is 18.8 Å². The molecule has 0 saturated carbocycles. The molecule has 1 aliphatic rings. The maximum atomic E-state index is 12.6. The first-order valence-corrected chi connectivity index (χ1v) is 14.1. The molecule has 0 bridgehead atoms. The number of rotatable bonds is 7. The number of likely N-dealkylation sites (tertiary alicyclic amines) is 1. The van der Waals surface area contributed by atoms with Crippen molar-refractivity contribution in [3.8, 4) is 6.01 Å². The lowest BCUT2D eigenvalue weighted by Gasteiger charge is -2.33. The first-order chi connectivity index (χ1) is 17.5. The molecule has 1 unspecified atom stereocenters. The molecule has 2 atom stereocenters. The standard InChI is InChI=1S/C26H36N6O4S/c1-17(2)20-15-28-32-22(20)29-24(30-23(32)27-14-18-10-7-8-12-21(18)37(6)34)35-19-11-9-13-31(16-19)25(33)36-26(3,4)5/h7-8,10,12,15,17,19H,9,11,13-14,16H2,1-6H3,(H,27,29,30)/t19-,37?/m1/s1.